The summed E-state index contributed by atoms with van der Waals surface area (Å²) in [6.45, 7) is 10.00. The van der Waals surface area contributed by atoms with E-state index in [0.29, 0.717) is 12.0 Å². The summed E-state index contributed by atoms with van der Waals surface area (Å²) in [7, 11) is -1.31. The quantitative estimate of drug-likeness (QED) is 0.504. The fraction of sp³-hybridized carbons (Fsp3) is 0.625. The summed E-state index contributed by atoms with van der Waals surface area (Å²) >= 11 is 0. The first-order valence-corrected chi connectivity index (χ1v) is 7.66. The Balaban J connectivity index is 2.96. The van der Waals surface area contributed by atoms with Gasteiger partial charge in [-0.1, -0.05) is 13.0 Å². The Kier molecular flexibility index (Phi) is 6.56. The van der Waals surface area contributed by atoms with Crippen LogP contribution >= 0.6 is 0 Å². The van der Waals surface area contributed by atoms with E-state index in [1.807, 2.05) is 0 Å². The van der Waals surface area contributed by atoms with Crippen molar-refractivity contribution in [1.29, 1.82) is 0 Å². The minimum absolute atomic E-state index is 0.376. The highest BCUT2D eigenvalue weighted by Crippen LogP contribution is 2.25. The van der Waals surface area contributed by atoms with Crippen LogP contribution in [-0.4, -0.2) is 35.0 Å². The molecule has 0 aromatic heterocycles. The summed E-state index contributed by atoms with van der Waals surface area (Å²) in [5.41, 5.74) is -0.996. The molecule has 0 spiro atoms. The molecule has 0 amide bonds. The molecule has 0 aliphatic rings. The molecule has 1 aromatic rings. The van der Waals surface area contributed by atoms with Crippen molar-refractivity contribution in [1.82, 2.24) is 5.32 Å². The zero-order valence-electron chi connectivity index (χ0n) is 14.1. The molecule has 0 aliphatic heterocycles. The number of halogens is 1. The van der Waals surface area contributed by atoms with E-state index in [2.05, 4.69) is 12.2 Å². The number of rotatable bonds is 8. The van der Waals surface area contributed by atoms with Crippen LogP contribution in [0.2, 0.25) is 0 Å². The zero-order valence-corrected chi connectivity index (χ0v) is 14.1. The molecule has 4 nitrogen and oxygen atoms in total. The van der Waals surface area contributed by atoms with Gasteiger partial charge in [-0.25, -0.2) is 4.39 Å². The highest BCUT2D eigenvalue weighted by Gasteiger charge is 2.40. The first kappa shape index (κ1) is 19.1. The summed E-state index contributed by atoms with van der Waals surface area (Å²) in [5.74, 6) is -0.432. The molecule has 0 bridgehead atoms. The van der Waals surface area contributed by atoms with Crippen LogP contribution in [0.25, 0.3) is 0 Å². The van der Waals surface area contributed by atoms with Crippen molar-refractivity contribution in [2.45, 2.75) is 58.8 Å². The average molecular weight is 311 g/mol. The number of hydrogen-bond donors (Lipinski definition) is 3. The monoisotopic (exact) mass is 311 g/mol. The predicted octanol–water partition coefficient (Wildman–Crippen LogP) is 1.58. The highest BCUT2D eigenvalue weighted by molar-refractivity contribution is 6.60. The Morgan fingerprint density at radius 3 is 2.45 bits per heavy atom. The van der Waals surface area contributed by atoms with Gasteiger partial charge in [0, 0.05) is 6.54 Å². The van der Waals surface area contributed by atoms with E-state index < -0.39 is 24.1 Å². The van der Waals surface area contributed by atoms with Crippen molar-refractivity contribution in [3.8, 4) is 0 Å². The van der Waals surface area contributed by atoms with E-state index >= 15 is 0 Å². The predicted molar refractivity (Wildman–Crippen MR) is 87.5 cm³/mol. The Hall–Kier alpha value is -0.945. The van der Waals surface area contributed by atoms with E-state index in [9.17, 15) is 14.5 Å². The van der Waals surface area contributed by atoms with Crippen LogP contribution in [0.5, 0.6) is 0 Å². The van der Waals surface area contributed by atoms with Gasteiger partial charge in [0.1, 0.15) is 5.82 Å². The Bertz CT molecular complexity index is 489. The van der Waals surface area contributed by atoms with Gasteiger partial charge < -0.3 is 20.1 Å². The third kappa shape index (κ3) is 5.05. The fourth-order valence-corrected chi connectivity index (χ4v) is 1.84. The van der Waals surface area contributed by atoms with E-state index in [1.165, 1.54) is 12.1 Å². The van der Waals surface area contributed by atoms with Gasteiger partial charge in [-0.2, -0.15) is 0 Å². The zero-order chi connectivity index (χ0) is 17.0. The third-order valence-electron chi connectivity index (χ3n) is 4.00. The molecular weight excluding hydrogens is 284 g/mol. The summed E-state index contributed by atoms with van der Waals surface area (Å²) in [4.78, 5) is 0. The molecule has 0 heterocycles. The maximum Gasteiger partial charge on any atom is 0.492 e. The minimum Gasteiger partial charge on any atom is -0.423 e. The van der Waals surface area contributed by atoms with E-state index in [0.717, 1.165) is 18.5 Å². The molecule has 0 atom stereocenters. The van der Waals surface area contributed by atoms with Gasteiger partial charge in [0.25, 0.3) is 0 Å². The van der Waals surface area contributed by atoms with Gasteiger partial charge >= 0.3 is 7.12 Å². The van der Waals surface area contributed by atoms with Crippen LogP contribution in [0, 0.1) is 5.82 Å². The lowest BCUT2D eigenvalue weighted by Crippen LogP contribution is -2.53. The van der Waals surface area contributed by atoms with Crippen LogP contribution in [0.1, 0.15) is 46.6 Å². The van der Waals surface area contributed by atoms with Crippen LogP contribution in [0.4, 0.5) is 4.39 Å². The van der Waals surface area contributed by atoms with Crippen LogP contribution < -0.4 is 10.8 Å². The van der Waals surface area contributed by atoms with Gasteiger partial charge in [0.15, 0.2) is 0 Å². The summed E-state index contributed by atoms with van der Waals surface area (Å²) in [5, 5.41) is 23.7. The molecule has 0 aliphatic carbocycles. The van der Waals surface area contributed by atoms with Gasteiger partial charge in [0.2, 0.25) is 0 Å². The number of nitrogens with one attached hydrogen (secondary N) is 1. The Morgan fingerprint density at radius 2 is 1.91 bits per heavy atom. The molecule has 1 rings (SSSR count). The number of hydrogen-bond acceptors (Lipinski definition) is 4. The molecule has 124 valence electrons. The maximum absolute atomic E-state index is 13.5. The molecular formula is C16H27BFNO3. The lowest BCUT2D eigenvalue weighted by molar-refractivity contribution is -0.0982. The molecule has 22 heavy (non-hydrogen) atoms. The van der Waals surface area contributed by atoms with Crippen molar-refractivity contribution in [3.05, 3.63) is 29.6 Å². The molecule has 0 saturated heterocycles. The van der Waals surface area contributed by atoms with E-state index in [1.54, 1.807) is 33.8 Å². The third-order valence-corrected chi connectivity index (χ3v) is 4.00. The first-order valence-electron chi connectivity index (χ1n) is 7.66. The lowest BCUT2D eigenvalue weighted by atomic mass is 9.74. The fourth-order valence-electron chi connectivity index (χ4n) is 1.84. The second-order valence-corrected chi connectivity index (χ2v) is 6.56. The van der Waals surface area contributed by atoms with Crippen LogP contribution in [-0.2, 0) is 11.2 Å². The number of aliphatic hydroxyl groups is 1. The van der Waals surface area contributed by atoms with Gasteiger partial charge in [-0.3, -0.25) is 0 Å². The smallest absolute Gasteiger partial charge is 0.423 e. The van der Waals surface area contributed by atoms with Crippen molar-refractivity contribution in [3.63, 3.8) is 0 Å². The largest absolute Gasteiger partial charge is 0.492 e. The SMILES string of the molecule is CCCNCc1ccc(F)cc1B(O)OC(C)(C)C(C)(C)O. The standard InChI is InChI=1S/C16H27BFNO3/c1-6-9-19-11-12-7-8-13(18)10-14(12)17(21)22-16(4,5)15(2,3)20/h7-8,10,19-21H,6,9,11H2,1-5H3. The molecule has 0 unspecified atom stereocenters. The second-order valence-electron chi connectivity index (χ2n) is 6.56. The van der Waals surface area contributed by atoms with Gasteiger partial charge in [-0.15, -0.1) is 0 Å². The molecule has 1 aromatic carbocycles. The van der Waals surface area contributed by atoms with Crippen LogP contribution in [0.15, 0.2) is 18.2 Å². The first-order chi connectivity index (χ1) is 10.1. The Labute approximate surface area is 132 Å². The van der Waals surface area contributed by atoms with Crippen molar-refractivity contribution >= 4 is 12.6 Å². The molecule has 3 N–H and O–H groups in total. The molecule has 0 saturated carbocycles. The molecule has 0 radical (unpaired) electrons. The molecule has 0 fully saturated rings. The summed E-state index contributed by atoms with van der Waals surface area (Å²) < 4.78 is 19.1. The van der Waals surface area contributed by atoms with Gasteiger partial charge in [0.05, 0.1) is 11.2 Å². The molecule has 6 heteroatoms. The normalized spacial score (nSPS) is 12.5. The average Bonchev–Trinajstić information content (AvgIpc) is 2.38. The summed E-state index contributed by atoms with van der Waals surface area (Å²) in [6, 6.07) is 4.27. The van der Waals surface area contributed by atoms with Crippen molar-refractivity contribution in [2.24, 2.45) is 0 Å². The van der Waals surface area contributed by atoms with Crippen molar-refractivity contribution in [2.75, 3.05) is 6.54 Å². The highest BCUT2D eigenvalue weighted by atomic mass is 19.1. The second kappa shape index (κ2) is 7.55. The van der Waals surface area contributed by atoms with Crippen molar-refractivity contribution < 1.29 is 19.2 Å². The van der Waals surface area contributed by atoms with Crippen LogP contribution in [0.3, 0.4) is 0 Å². The minimum atomic E-state index is -1.31. The maximum atomic E-state index is 13.5. The van der Waals surface area contributed by atoms with E-state index in [4.69, 9.17) is 4.65 Å². The Morgan fingerprint density at radius 1 is 1.27 bits per heavy atom. The van der Waals surface area contributed by atoms with Gasteiger partial charge in [-0.05, 0) is 63.8 Å². The topological polar surface area (TPSA) is 61.7 Å². The summed E-state index contributed by atoms with van der Waals surface area (Å²) in [6.07, 6.45) is 0.987. The van der Waals surface area contributed by atoms with E-state index in [-0.39, 0.29) is 0 Å². The lowest BCUT2D eigenvalue weighted by Gasteiger charge is -2.38. The number of benzene rings is 1.